The highest BCUT2D eigenvalue weighted by Crippen LogP contribution is 2.21. The van der Waals surface area contributed by atoms with Crippen molar-refractivity contribution in [1.29, 1.82) is 0 Å². The molecule has 0 aliphatic rings. The first-order chi connectivity index (χ1) is 8.06. The van der Waals surface area contributed by atoms with Crippen LogP contribution in [0.1, 0.15) is 11.4 Å². The summed E-state index contributed by atoms with van der Waals surface area (Å²) in [5.41, 5.74) is -0.275. The Morgan fingerprint density at radius 3 is 2.88 bits per heavy atom. The summed E-state index contributed by atoms with van der Waals surface area (Å²) in [7, 11) is 0. The van der Waals surface area contributed by atoms with Crippen LogP contribution < -0.4 is 5.56 Å². The molecule has 6 heteroatoms. The van der Waals surface area contributed by atoms with Gasteiger partial charge in [0.2, 0.25) is 5.88 Å². The fraction of sp³-hybridized carbons (Fsp3) is 0.0909. The fourth-order valence-corrected chi connectivity index (χ4v) is 1.68. The molecular formula is C11H8ClFN2O2. The van der Waals surface area contributed by atoms with Gasteiger partial charge in [-0.1, -0.05) is 17.7 Å². The molecule has 0 saturated heterocycles. The number of aromatic nitrogens is 2. The van der Waals surface area contributed by atoms with Crippen LogP contribution in [0.3, 0.4) is 0 Å². The zero-order chi connectivity index (χ0) is 12.4. The number of nitrogens with zero attached hydrogens (tertiary/aromatic N) is 1. The smallest absolute Gasteiger partial charge is 0.254 e. The van der Waals surface area contributed by atoms with Gasteiger partial charge in [-0.2, -0.15) is 4.98 Å². The van der Waals surface area contributed by atoms with Gasteiger partial charge in [0, 0.05) is 17.0 Å². The average Bonchev–Trinajstić information content (AvgIpc) is 2.22. The number of H-pyrrole nitrogens is 1. The molecule has 0 aliphatic carbocycles. The SMILES string of the molecule is O=c1cc(O)nc(Cc2c(F)cccc2Cl)[nH]1. The van der Waals surface area contributed by atoms with Gasteiger partial charge in [-0.05, 0) is 12.1 Å². The van der Waals surface area contributed by atoms with E-state index in [1.807, 2.05) is 0 Å². The van der Waals surface area contributed by atoms with Crippen LogP contribution in [-0.2, 0) is 6.42 Å². The molecule has 0 bridgehead atoms. The molecule has 2 rings (SSSR count). The Bertz CT molecular complexity index is 592. The van der Waals surface area contributed by atoms with Crippen molar-refractivity contribution >= 4 is 11.6 Å². The van der Waals surface area contributed by atoms with Crippen molar-refractivity contribution in [2.24, 2.45) is 0 Å². The lowest BCUT2D eigenvalue weighted by atomic mass is 10.1. The zero-order valence-corrected chi connectivity index (χ0v) is 9.33. The molecule has 1 aromatic carbocycles. The van der Waals surface area contributed by atoms with E-state index in [4.69, 9.17) is 16.7 Å². The van der Waals surface area contributed by atoms with Crippen LogP contribution in [0.15, 0.2) is 29.1 Å². The van der Waals surface area contributed by atoms with Crippen LogP contribution in [0.5, 0.6) is 5.88 Å². The third-order valence-electron chi connectivity index (χ3n) is 2.18. The van der Waals surface area contributed by atoms with Gasteiger partial charge in [-0.25, -0.2) is 4.39 Å². The summed E-state index contributed by atoms with van der Waals surface area (Å²) in [6.07, 6.45) is 0.00907. The Labute approximate surface area is 101 Å². The zero-order valence-electron chi connectivity index (χ0n) is 8.58. The summed E-state index contributed by atoms with van der Waals surface area (Å²) in [5, 5.41) is 9.40. The van der Waals surface area contributed by atoms with Crippen molar-refractivity contribution < 1.29 is 9.50 Å². The second kappa shape index (κ2) is 4.55. The van der Waals surface area contributed by atoms with E-state index in [0.29, 0.717) is 0 Å². The highest BCUT2D eigenvalue weighted by atomic mass is 35.5. The number of rotatable bonds is 2. The number of hydrogen-bond acceptors (Lipinski definition) is 3. The number of benzene rings is 1. The number of nitrogens with one attached hydrogen (secondary N) is 1. The maximum absolute atomic E-state index is 13.5. The highest BCUT2D eigenvalue weighted by Gasteiger charge is 2.09. The van der Waals surface area contributed by atoms with E-state index in [-0.39, 0.29) is 22.8 Å². The van der Waals surface area contributed by atoms with Crippen LogP contribution >= 0.6 is 11.6 Å². The summed E-state index contributed by atoms with van der Waals surface area (Å²) in [6, 6.07) is 5.23. The van der Waals surface area contributed by atoms with E-state index in [1.165, 1.54) is 12.1 Å². The number of hydrogen-bond donors (Lipinski definition) is 2. The summed E-state index contributed by atoms with van der Waals surface area (Å²) >= 11 is 5.84. The molecule has 0 spiro atoms. The minimum atomic E-state index is -0.500. The largest absolute Gasteiger partial charge is 0.493 e. The summed E-state index contributed by atoms with van der Waals surface area (Å²) in [6.45, 7) is 0. The molecule has 1 aromatic heterocycles. The second-order valence-electron chi connectivity index (χ2n) is 3.43. The molecule has 0 unspecified atom stereocenters. The molecule has 0 aliphatic heterocycles. The monoisotopic (exact) mass is 254 g/mol. The molecule has 4 nitrogen and oxygen atoms in total. The predicted octanol–water partition coefficient (Wildman–Crippen LogP) is 1.86. The molecule has 1 heterocycles. The Morgan fingerprint density at radius 1 is 1.47 bits per heavy atom. The van der Waals surface area contributed by atoms with Crippen LogP contribution in [0.25, 0.3) is 0 Å². The lowest BCUT2D eigenvalue weighted by Gasteiger charge is -2.05. The van der Waals surface area contributed by atoms with Crippen LogP contribution in [0.2, 0.25) is 5.02 Å². The lowest BCUT2D eigenvalue weighted by Crippen LogP contribution is -2.10. The normalized spacial score (nSPS) is 10.5. The van der Waals surface area contributed by atoms with E-state index in [1.54, 1.807) is 6.07 Å². The van der Waals surface area contributed by atoms with Crippen LogP contribution in [0, 0.1) is 5.82 Å². The third kappa shape index (κ3) is 2.62. The van der Waals surface area contributed by atoms with E-state index < -0.39 is 17.3 Å². The standard InChI is InChI=1S/C11H8ClFN2O2/c12-7-2-1-3-8(13)6(7)4-9-14-10(16)5-11(17)15-9/h1-3,5H,4H2,(H2,14,15,16,17). The Morgan fingerprint density at radius 2 is 2.24 bits per heavy atom. The maximum Gasteiger partial charge on any atom is 0.254 e. The third-order valence-corrected chi connectivity index (χ3v) is 2.54. The molecular weight excluding hydrogens is 247 g/mol. The molecule has 0 amide bonds. The molecule has 88 valence electrons. The average molecular weight is 255 g/mol. The molecule has 0 radical (unpaired) electrons. The number of halogens is 2. The lowest BCUT2D eigenvalue weighted by molar-refractivity contribution is 0.448. The first-order valence-corrected chi connectivity index (χ1v) is 5.16. The van der Waals surface area contributed by atoms with Crippen molar-refractivity contribution in [3.63, 3.8) is 0 Å². The van der Waals surface area contributed by atoms with Crippen LogP contribution in [-0.4, -0.2) is 15.1 Å². The van der Waals surface area contributed by atoms with Gasteiger partial charge in [0.15, 0.2) is 0 Å². The van der Waals surface area contributed by atoms with Crippen molar-refractivity contribution in [2.45, 2.75) is 6.42 Å². The van der Waals surface area contributed by atoms with Gasteiger partial charge in [0.1, 0.15) is 11.6 Å². The first kappa shape index (κ1) is 11.6. The van der Waals surface area contributed by atoms with Gasteiger partial charge in [-0.3, -0.25) is 4.79 Å². The van der Waals surface area contributed by atoms with Crippen molar-refractivity contribution in [2.75, 3.05) is 0 Å². The number of aromatic amines is 1. The Kier molecular flexibility index (Phi) is 3.10. The summed E-state index contributed by atoms with van der Waals surface area (Å²) in [4.78, 5) is 17.2. The molecule has 0 saturated carbocycles. The van der Waals surface area contributed by atoms with Gasteiger partial charge in [-0.15, -0.1) is 0 Å². The van der Waals surface area contributed by atoms with E-state index in [9.17, 15) is 9.18 Å². The van der Waals surface area contributed by atoms with Gasteiger partial charge in [0.25, 0.3) is 5.56 Å². The van der Waals surface area contributed by atoms with Crippen molar-refractivity contribution in [3.05, 3.63) is 56.8 Å². The minimum absolute atomic E-state index is 0.00907. The van der Waals surface area contributed by atoms with Crippen LogP contribution in [0.4, 0.5) is 4.39 Å². The van der Waals surface area contributed by atoms with E-state index >= 15 is 0 Å². The quantitative estimate of drug-likeness (QED) is 0.860. The fourth-order valence-electron chi connectivity index (χ4n) is 1.45. The molecule has 2 N–H and O–H groups in total. The second-order valence-corrected chi connectivity index (χ2v) is 3.83. The molecule has 17 heavy (non-hydrogen) atoms. The maximum atomic E-state index is 13.5. The van der Waals surface area contributed by atoms with Crippen molar-refractivity contribution in [3.8, 4) is 5.88 Å². The van der Waals surface area contributed by atoms with Crippen molar-refractivity contribution in [1.82, 2.24) is 9.97 Å². The predicted molar refractivity (Wildman–Crippen MR) is 60.7 cm³/mol. The Hall–Kier alpha value is -1.88. The summed E-state index contributed by atoms with van der Waals surface area (Å²) < 4.78 is 13.5. The topological polar surface area (TPSA) is 66.0 Å². The van der Waals surface area contributed by atoms with Gasteiger partial charge >= 0.3 is 0 Å². The molecule has 2 aromatic rings. The highest BCUT2D eigenvalue weighted by molar-refractivity contribution is 6.31. The summed E-state index contributed by atoms with van der Waals surface area (Å²) in [5.74, 6) is -0.735. The Balaban J connectivity index is 2.41. The number of aromatic hydroxyl groups is 1. The van der Waals surface area contributed by atoms with E-state index in [2.05, 4.69) is 9.97 Å². The molecule has 0 atom stereocenters. The van der Waals surface area contributed by atoms with Gasteiger partial charge < -0.3 is 10.1 Å². The molecule has 0 fully saturated rings. The van der Waals surface area contributed by atoms with E-state index in [0.717, 1.165) is 6.07 Å². The first-order valence-electron chi connectivity index (χ1n) is 4.78. The minimum Gasteiger partial charge on any atom is -0.493 e. The van der Waals surface area contributed by atoms with Gasteiger partial charge in [0.05, 0.1) is 6.07 Å².